The van der Waals surface area contributed by atoms with Gasteiger partial charge in [0, 0.05) is 32.9 Å². The number of aliphatic imine (C=N–C) groups is 1. The summed E-state index contributed by atoms with van der Waals surface area (Å²) < 4.78 is 5.51. The van der Waals surface area contributed by atoms with Gasteiger partial charge in [-0.2, -0.15) is 0 Å². The predicted molar refractivity (Wildman–Crippen MR) is 103 cm³/mol. The summed E-state index contributed by atoms with van der Waals surface area (Å²) in [6.07, 6.45) is 0.779. The van der Waals surface area contributed by atoms with E-state index in [9.17, 15) is 14.7 Å². The van der Waals surface area contributed by atoms with Crippen molar-refractivity contribution in [2.45, 2.75) is 25.5 Å². The molecule has 2 N–H and O–H groups in total. The summed E-state index contributed by atoms with van der Waals surface area (Å²) >= 11 is 0. The number of rotatable bonds is 10. The Kier molecular flexibility index (Phi) is 7.46. The van der Waals surface area contributed by atoms with Crippen LogP contribution < -0.4 is 10.1 Å². The van der Waals surface area contributed by atoms with Crippen LogP contribution in [0.2, 0.25) is 0 Å². The summed E-state index contributed by atoms with van der Waals surface area (Å²) in [7, 11) is 1.44. The fourth-order valence-corrected chi connectivity index (χ4v) is 2.94. The number of benzene rings is 1. The van der Waals surface area contributed by atoms with E-state index < -0.39 is 17.7 Å². The number of aliphatic hydroxyl groups excluding tert-OH is 1. The van der Waals surface area contributed by atoms with Crippen molar-refractivity contribution >= 4 is 18.2 Å². The van der Waals surface area contributed by atoms with Gasteiger partial charge in [-0.3, -0.25) is 14.6 Å². The minimum atomic E-state index is -0.950. The molecule has 1 aromatic carbocycles. The van der Waals surface area contributed by atoms with Gasteiger partial charge in [0.2, 0.25) is 0 Å². The molecule has 0 saturated heterocycles. The zero-order chi connectivity index (χ0) is 19.9. The van der Waals surface area contributed by atoms with E-state index in [1.807, 2.05) is 42.2 Å². The number of nitrogens with one attached hydrogen (secondary N) is 1. The molecule has 2 rings (SSSR count). The van der Waals surface area contributed by atoms with Crippen molar-refractivity contribution in [1.82, 2.24) is 15.1 Å². The van der Waals surface area contributed by atoms with E-state index in [1.165, 1.54) is 13.3 Å². The maximum Gasteiger partial charge on any atom is 0.349 e. The number of para-hydroxylation sites is 1. The molecule has 2 unspecified atom stereocenters. The lowest BCUT2D eigenvalue weighted by Crippen LogP contribution is -2.62. The molecular formula is C19H28N4O4. The molecule has 148 valence electrons. The van der Waals surface area contributed by atoms with Gasteiger partial charge in [0.15, 0.2) is 0 Å². The van der Waals surface area contributed by atoms with Crippen LogP contribution >= 0.6 is 0 Å². The number of hydrogen-bond donors (Lipinski definition) is 2. The summed E-state index contributed by atoms with van der Waals surface area (Å²) in [5.74, 6) is 0.427. The fourth-order valence-electron chi connectivity index (χ4n) is 2.94. The molecule has 0 aromatic heterocycles. The SMILES string of the molecule is CCN(CCNCC(O)COc1ccccc1)C1(C)C=NC(=O)N(C)C1=O. The van der Waals surface area contributed by atoms with Crippen LogP contribution in [0.4, 0.5) is 4.79 Å². The summed E-state index contributed by atoms with van der Waals surface area (Å²) in [6, 6.07) is 8.78. The lowest BCUT2D eigenvalue weighted by atomic mass is 9.98. The molecule has 1 aliphatic heterocycles. The Morgan fingerprint density at radius 3 is 2.70 bits per heavy atom. The van der Waals surface area contributed by atoms with Crippen molar-refractivity contribution in [2.75, 3.05) is 39.8 Å². The van der Waals surface area contributed by atoms with Gasteiger partial charge in [-0.25, -0.2) is 9.79 Å². The Bertz CT molecular complexity index is 667. The molecule has 0 radical (unpaired) electrons. The van der Waals surface area contributed by atoms with E-state index in [4.69, 9.17) is 4.74 Å². The molecule has 0 spiro atoms. The van der Waals surface area contributed by atoms with Crippen molar-refractivity contribution in [3.63, 3.8) is 0 Å². The second-order valence-corrected chi connectivity index (χ2v) is 6.61. The topological polar surface area (TPSA) is 94.5 Å². The number of ether oxygens (including phenoxy) is 1. The van der Waals surface area contributed by atoms with E-state index in [0.29, 0.717) is 26.2 Å². The fraction of sp³-hybridized carbons (Fsp3) is 0.526. The monoisotopic (exact) mass is 376 g/mol. The molecule has 1 heterocycles. The van der Waals surface area contributed by atoms with Crippen LogP contribution in [0.15, 0.2) is 35.3 Å². The van der Waals surface area contributed by atoms with Gasteiger partial charge < -0.3 is 15.2 Å². The Labute approximate surface area is 159 Å². The van der Waals surface area contributed by atoms with Gasteiger partial charge in [-0.05, 0) is 25.6 Å². The van der Waals surface area contributed by atoms with Gasteiger partial charge in [-0.15, -0.1) is 0 Å². The third-order valence-corrected chi connectivity index (χ3v) is 4.61. The predicted octanol–water partition coefficient (Wildman–Crippen LogP) is 0.759. The zero-order valence-electron chi connectivity index (χ0n) is 16.1. The number of imide groups is 1. The molecule has 0 bridgehead atoms. The van der Waals surface area contributed by atoms with Gasteiger partial charge in [0.25, 0.3) is 5.91 Å². The minimum absolute atomic E-state index is 0.199. The number of carbonyl (C=O) groups is 2. The number of aliphatic hydroxyl groups is 1. The quantitative estimate of drug-likeness (QED) is 0.586. The number of likely N-dealkylation sites (N-methyl/N-ethyl adjacent to an activating group) is 2. The van der Waals surface area contributed by atoms with Crippen molar-refractivity contribution in [2.24, 2.45) is 4.99 Å². The van der Waals surface area contributed by atoms with Crippen LogP contribution in [-0.4, -0.2) is 84.5 Å². The van der Waals surface area contributed by atoms with Crippen molar-refractivity contribution in [3.05, 3.63) is 30.3 Å². The first kappa shape index (κ1) is 21.0. The number of hydrogen-bond acceptors (Lipinski definition) is 6. The van der Waals surface area contributed by atoms with E-state index in [-0.39, 0.29) is 12.5 Å². The highest BCUT2D eigenvalue weighted by Crippen LogP contribution is 2.19. The highest BCUT2D eigenvalue weighted by molar-refractivity contribution is 6.14. The van der Waals surface area contributed by atoms with E-state index in [2.05, 4.69) is 10.3 Å². The van der Waals surface area contributed by atoms with Crippen LogP contribution in [-0.2, 0) is 4.79 Å². The molecule has 8 nitrogen and oxygen atoms in total. The van der Waals surface area contributed by atoms with Gasteiger partial charge in [-0.1, -0.05) is 25.1 Å². The van der Waals surface area contributed by atoms with Crippen LogP contribution in [0.25, 0.3) is 0 Å². The average Bonchev–Trinajstić information content (AvgIpc) is 2.68. The molecule has 8 heteroatoms. The van der Waals surface area contributed by atoms with E-state index in [0.717, 1.165) is 10.6 Å². The standard InChI is InChI=1S/C19H28N4O4/c1-4-23(19(2)14-21-18(26)22(3)17(19)25)11-10-20-12-15(24)13-27-16-8-6-5-7-9-16/h5-9,14-15,20,24H,4,10-13H2,1-3H3. The van der Waals surface area contributed by atoms with Crippen molar-refractivity contribution in [1.29, 1.82) is 0 Å². The van der Waals surface area contributed by atoms with Gasteiger partial charge >= 0.3 is 6.03 Å². The Hall–Kier alpha value is -2.29. The minimum Gasteiger partial charge on any atom is -0.491 e. The van der Waals surface area contributed by atoms with E-state index in [1.54, 1.807) is 6.92 Å². The average molecular weight is 376 g/mol. The largest absolute Gasteiger partial charge is 0.491 e. The van der Waals surface area contributed by atoms with Crippen LogP contribution in [0.5, 0.6) is 5.75 Å². The van der Waals surface area contributed by atoms with Crippen molar-refractivity contribution < 1.29 is 19.4 Å². The normalized spacial score (nSPS) is 21.0. The number of amides is 3. The molecule has 3 amide bonds. The second kappa shape index (κ2) is 9.59. The lowest BCUT2D eigenvalue weighted by Gasteiger charge is -2.40. The molecule has 2 atom stereocenters. The first-order chi connectivity index (χ1) is 12.9. The Morgan fingerprint density at radius 1 is 1.33 bits per heavy atom. The maximum absolute atomic E-state index is 12.5. The number of carbonyl (C=O) groups excluding carboxylic acids is 2. The molecule has 0 saturated carbocycles. The summed E-state index contributed by atoms with van der Waals surface area (Å²) in [4.78, 5) is 30.9. The Morgan fingerprint density at radius 2 is 2.04 bits per heavy atom. The highest BCUT2D eigenvalue weighted by Gasteiger charge is 2.43. The first-order valence-corrected chi connectivity index (χ1v) is 9.07. The highest BCUT2D eigenvalue weighted by atomic mass is 16.5. The van der Waals surface area contributed by atoms with Gasteiger partial charge in [0.1, 0.15) is 24.0 Å². The molecule has 1 aromatic rings. The summed E-state index contributed by atoms with van der Waals surface area (Å²) in [5.41, 5.74) is -0.950. The van der Waals surface area contributed by atoms with E-state index >= 15 is 0 Å². The third-order valence-electron chi connectivity index (χ3n) is 4.61. The smallest absolute Gasteiger partial charge is 0.349 e. The summed E-state index contributed by atoms with van der Waals surface area (Å²) in [6.45, 7) is 6.05. The Balaban J connectivity index is 1.77. The number of urea groups is 1. The molecule has 0 aliphatic carbocycles. The molecule has 27 heavy (non-hydrogen) atoms. The third kappa shape index (κ3) is 5.35. The van der Waals surface area contributed by atoms with Gasteiger partial charge in [0.05, 0.1) is 0 Å². The van der Waals surface area contributed by atoms with Crippen molar-refractivity contribution in [3.8, 4) is 5.75 Å². The first-order valence-electron chi connectivity index (χ1n) is 9.07. The zero-order valence-corrected chi connectivity index (χ0v) is 16.1. The number of nitrogens with zero attached hydrogens (tertiary/aromatic N) is 3. The second-order valence-electron chi connectivity index (χ2n) is 6.61. The molecular weight excluding hydrogens is 348 g/mol. The molecule has 0 fully saturated rings. The van der Waals surface area contributed by atoms with Crippen LogP contribution in [0.3, 0.4) is 0 Å². The lowest BCUT2D eigenvalue weighted by molar-refractivity contribution is -0.135. The summed E-state index contributed by atoms with van der Waals surface area (Å²) in [5, 5.41) is 13.2. The maximum atomic E-state index is 12.5. The molecule has 1 aliphatic rings. The van der Waals surface area contributed by atoms with Crippen LogP contribution in [0, 0.1) is 0 Å². The van der Waals surface area contributed by atoms with Crippen LogP contribution in [0.1, 0.15) is 13.8 Å².